The van der Waals surface area contributed by atoms with Gasteiger partial charge in [-0.3, -0.25) is 4.90 Å². The van der Waals surface area contributed by atoms with E-state index >= 15 is 0 Å². The van der Waals surface area contributed by atoms with Gasteiger partial charge in [-0.25, -0.2) is 14.1 Å². The zero-order valence-electron chi connectivity index (χ0n) is 30.0. The fourth-order valence-corrected chi connectivity index (χ4v) is 8.48. The summed E-state index contributed by atoms with van der Waals surface area (Å²) < 4.78 is 31.5. The first-order valence-corrected chi connectivity index (χ1v) is 25.2. The molecule has 0 atom stereocenters. The lowest BCUT2D eigenvalue weighted by Crippen LogP contribution is -2.28. The number of fused-ring (bicyclic) bond motifs is 2. The number of benzene rings is 2. The number of nitrogens with zero attached hydrogens (tertiary/aromatic N) is 5. The fraction of sp³-hybridized carbons (Fsp3) is 0.568. The SMILES string of the molecule is CCc1cc(O)c(F)cc1-c1ccc2c(-c3nc4c(n3COCC[Si](C)(C)C)CN(C3CCCC3)C4)nn(COCC[Si](C)(C)C)c2c1. The number of imidazole rings is 1. The van der Waals surface area contributed by atoms with Gasteiger partial charge >= 0.3 is 0 Å². The lowest BCUT2D eigenvalue weighted by atomic mass is 9.96. The van der Waals surface area contributed by atoms with Crippen molar-refractivity contribution in [1.82, 2.24) is 24.2 Å². The number of halogens is 1. The van der Waals surface area contributed by atoms with Gasteiger partial charge in [-0.15, -0.1) is 0 Å². The maximum atomic E-state index is 14.6. The van der Waals surface area contributed by atoms with E-state index in [1.54, 1.807) is 0 Å². The molecule has 0 amide bonds. The van der Waals surface area contributed by atoms with Crippen molar-refractivity contribution in [2.75, 3.05) is 13.2 Å². The standard InChI is InChI=1S/C37H54FN5O3Si2/c1-8-26-20-35(44)31(38)21-30(26)27-13-14-29-33(19-27)43(25-46-16-18-48(5,6)7)40-36(29)37-39-32-22-41(28-11-9-10-12-28)23-34(32)42(37)24-45-15-17-47(2,3)4/h13-14,19-21,28,44H,8-12,15-18,22-25H2,1-7H3. The van der Waals surface area contributed by atoms with Gasteiger partial charge in [0, 0.05) is 53.9 Å². The Morgan fingerprint density at radius 1 is 0.917 bits per heavy atom. The predicted molar refractivity (Wildman–Crippen MR) is 197 cm³/mol. The van der Waals surface area contributed by atoms with Crippen molar-refractivity contribution in [3.05, 3.63) is 53.1 Å². The van der Waals surface area contributed by atoms with E-state index in [1.165, 1.54) is 43.5 Å². The van der Waals surface area contributed by atoms with Gasteiger partial charge in [-0.2, -0.15) is 5.10 Å². The Labute approximate surface area is 287 Å². The first kappa shape index (κ1) is 35.0. The lowest BCUT2D eigenvalue weighted by Gasteiger charge is -2.23. The molecule has 4 aromatic rings. The highest BCUT2D eigenvalue weighted by atomic mass is 28.3. The zero-order chi connectivity index (χ0) is 34.2. The van der Waals surface area contributed by atoms with Gasteiger partial charge in [-0.1, -0.05) is 65.1 Å². The smallest absolute Gasteiger partial charge is 0.165 e. The van der Waals surface area contributed by atoms with Crippen LogP contribution in [0.4, 0.5) is 4.39 Å². The molecule has 0 radical (unpaired) electrons. The molecule has 8 nitrogen and oxygen atoms in total. The summed E-state index contributed by atoms with van der Waals surface area (Å²) >= 11 is 0. The topological polar surface area (TPSA) is 77.6 Å². The van der Waals surface area contributed by atoms with E-state index in [0.29, 0.717) is 32.5 Å². The van der Waals surface area contributed by atoms with Gasteiger partial charge in [0.05, 0.1) is 16.9 Å². The summed E-state index contributed by atoms with van der Waals surface area (Å²) in [5.74, 6) is -0.107. The molecule has 1 N–H and O–H groups in total. The Morgan fingerprint density at radius 2 is 1.60 bits per heavy atom. The summed E-state index contributed by atoms with van der Waals surface area (Å²) in [5, 5.41) is 16.2. The molecule has 0 saturated heterocycles. The Balaban J connectivity index is 1.40. The highest BCUT2D eigenvalue weighted by molar-refractivity contribution is 6.76. The van der Waals surface area contributed by atoms with Crippen LogP contribution in [-0.2, 0) is 42.4 Å². The van der Waals surface area contributed by atoms with Crippen LogP contribution in [0.2, 0.25) is 51.4 Å². The number of hydrogen-bond acceptors (Lipinski definition) is 6. The van der Waals surface area contributed by atoms with Crippen LogP contribution in [0.3, 0.4) is 0 Å². The van der Waals surface area contributed by atoms with Crippen molar-refractivity contribution < 1.29 is 19.0 Å². The molecule has 48 heavy (non-hydrogen) atoms. The molecule has 1 saturated carbocycles. The number of hydrogen-bond donors (Lipinski definition) is 1. The summed E-state index contributed by atoms with van der Waals surface area (Å²) in [6, 6.07) is 12.0. The molecule has 6 rings (SSSR count). The predicted octanol–water partition coefficient (Wildman–Crippen LogP) is 8.86. The van der Waals surface area contributed by atoms with Gasteiger partial charge in [0.15, 0.2) is 17.4 Å². The van der Waals surface area contributed by atoms with Gasteiger partial charge < -0.3 is 19.1 Å². The van der Waals surface area contributed by atoms with Gasteiger partial charge in [0.2, 0.25) is 0 Å². The number of phenolic OH excluding ortho intramolecular Hbond substituents is 1. The summed E-state index contributed by atoms with van der Waals surface area (Å²) in [6.45, 7) is 20.2. The maximum Gasteiger partial charge on any atom is 0.165 e. The molecular weight excluding hydrogens is 638 g/mol. The van der Waals surface area contributed by atoms with Crippen molar-refractivity contribution in [3.8, 4) is 28.4 Å². The molecule has 0 bridgehead atoms. The minimum atomic E-state index is -1.26. The van der Waals surface area contributed by atoms with Crippen LogP contribution in [-0.4, -0.2) is 64.7 Å². The first-order chi connectivity index (χ1) is 22.8. The molecule has 1 fully saturated rings. The van der Waals surface area contributed by atoms with Crippen LogP contribution < -0.4 is 0 Å². The third kappa shape index (κ3) is 7.80. The average molecular weight is 692 g/mol. The number of rotatable bonds is 14. The van der Waals surface area contributed by atoms with Crippen LogP contribution in [0.15, 0.2) is 30.3 Å². The average Bonchev–Trinajstić information content (AvgIpc) is 3.81. The number of phenols is 1. The zero-order valence-corrected chi connectivity index (χ0v) is 32.0. The van der Waals surface area contributed by atoms with Crippen LogP contribution in [0, 0.1) is 5.82 Å². The van der Waals surface area contributed by atoms with E-state index in [4.69, 9.17) is 19.6 Å². The second kappa shape index (κ2) is 14.2. The third-order valence-electron chi connectivity index (χ3n) is 9.96. The van der Waals surface area contributed by atoms with Gasteiger partial charge in [-0.05, 0) is 72.3 Å². The van der Waals surface area contributed by atoms with E-state index in [1.807, 2.05) is 17.7 Å². The molecule has 3 heterocycles. The summed E-state index contributed by atoms with van der Waals surface area (Å²) in [7, 11) is -2.50. The Bertz CT molecular complexity index is 1750. The molecule has 11 heteroatoms. The molecule has 1 aliphatic heterocycles. The normalized spacial score (nSPS) is 16.1. The molecule has 0 unspecified atom stereocenters. The lowest BCUT2D eigenvalue weighted by molar-refractivity contribution is 0.0813. The third-order valence-corrected chi connectivity index (χ3v) is 13.4. The first-order valence-electron chi connectivity index (χ1n) is 17.8. The number of aromatic hydroxyl groups is 1. The Morgan fingerprint density at radius 3 is 2.27 bits per heavy atom. The highest BCUT2D eigenvalue weighted by Crippen LogP contribution is 2.38. The minimum absolute atomic E-state index is 0.317. The molecule has 2 aliphatic rings. The van der Waals surface area contributed by atoms with Crippen molar-refractivity contribution in [1.29, 1.82) is 0 Å². The van der Waals surface area contributed by atoms with Crippen LogP contribution in [0.1, 0.15) is 49.6 Å². The summed E-state index contributed by atoms with van der Waals surface area (Å²) in [5.41, 5.74) is 6.63. The molecule has 2 aromatic heterocycles. The Hall–Kier alpha value is -2.84. The second-order valence-corrected chi connectivity index (χ2v) is 27.4. The largest absolute Gasteiger partial charge is 0.505 e. The van der Waals surface area contributed by atoms with Crippen molar-refractivity contribution in [2.24, 2.45) is 0 Å². The molecule has 2 aromatic carbocycles. The highest BCUT2D eigenvalue weighted by Gasteiger charge is 2.34. The Kier molecular flexibility index (Phi) is 10.3. The van der Waals surface area contributed by atoms with Crippen LogP contribution in [0.25, 0.3) is 33.5 Å². The molecule has 1 aliphatic carbocycles. The van der Waals surface area contributed by atoms with Crippen molar-refractivity contribution in [2.45, 2.75) is 123 Å². The quantitative estimate of drug-likeness (QED) is 0.105. The van der Waals surface area contributed by atoms with Crippen molar-refractivity contribution in [3.63, 3.8) is 0 Å². The monoisotopic (exact) mass is 691 g/mol. The number of aromatic nitrogens is 4. The fourth-order valence-electron chi connectivity index (χ4n) is 6.96. The van der Waals surface area contributed by atoms with E-state index in [9.17, 15) is 9.50 Å². The van der Waals surface area contributed by atoms with E-state index in [-0.39, 0.29) is 5.75 Å². The summed E-state index contributed by atoms with van der Waals surface area (Å²) in [4.78, 5) is 7.89. The van der Waals surface area contributed by atoms with E-state index in [2.05, 4.69) is 60.9 Å². The molecule has 0 spiro atoms. The van der Waals surface area contributed by atoms with E-state index in [0.717, 1.165) is 76.6 Å². The molecular formula is C37H54FN5O3Si2. The summed E-state index contributed by atoms with van der Waals surface area (Å²) in [6.07, 6.45) is 5.83. The van der Waals surface area contributed by atoms with Crippen LogP contribution >= 0.6 is 0 Å². The number of aryl methyl sites for hydroxylation is 1. The molecule has 260 valence electrons. The van der Waals surface area contributed by atoms with Crippen LogP contribution in [0.5, 0.6) is 5.75 Å². The van der Waals surface area contributed by atoms with Crippen molar-refractivity contribution >= 4 is 27.1 Å². The van der Waals surface area contributed by atoms with E-state index < -0.39 is 22.0 Å². The second-order valence-electron chi connectivity index (χ2n) is 16.2. The van der Waals surface area contributed by atoms with Gasteiger partial charge in [0.1, 0.15) is 19.2 Å². The minimum Gasteiger partial charge on any atom is -0.505 e. The van der Waals surface area contributed by atoms with Gasteiger partial charge in [0.25, 0.3) is 0 Å². The number of ether oxygens (including phenoxy) is 2. The maximum absolute atomic E-state index is 14.6.